The molecule has 1 saturated heterocycles. The smallest absolute Gasteiger partial charge is 0.344 e. The number of aromatic hydroxyl groups is 1. The Morgan fingerprint density at radius 1 is 0.950 bits per heavy atom. The van der Waals surface area contributed by atoms with E-state index in [1.165, 1.54) is 13.0 Å². The monoisotopic (exact) mass is 832 g/mol. The molecular weight excluding hydrogens is 788 g/mol. The van der Waals surface area contributed by atoms with E-state index in [2.05, 4.69) is 5.32 Å². The fraction of sp³-hybridized carbons (Fsp3) is 0.381. The normalized spacial score (nSPS) is 25.4. The van der Waals surface area contributed by atoms with Gasteiger partial charge in [-0.15, -0.1) is 0 Å². The summed E-state index contributed by atoms with van der Waals surface area (Å²) in [5.41, 5.74) is -3.49. The molecule has 18 nitrogen and oxygen atoms in total. The van der Waals surface area contributed by atoms with E-state index in [-0.39, 0.29) is 35.5 Å². The van der Waals surface area contributed by atoms with Gasteiger partial charge in [0.15, 0.2) is 23.6 Å². The number of rotatable bonds is 9. The van der Waals surface area contributed by atoms with Crippen molar-refractivity contribution in [2.24, 2.45) is 5.73 Å². The van der Waals surface area contributed by atoms with Crippen LogP contribution in [0.5, 0.6) is 11.5 Å². The number of hydrogen-bond acceptors (Lipinski definition) is 18. The van der Waals surface area contributed by atoms with Gasteiger partial charge in [-0.1, -0.05) is 36.4 Å². The Morgan fingerprint density at radius 2 is 1.65 bits per heavy atom. The second kappa shape index (κ2) is 17.0. The number of fused-ring (bicyclic) bond motifs is 5. The van der Waals surface area contributed by atoms with E-state index in [4.69, 9.17) is 34.2 Å². The first kappa shape index (κ1) is 43.7. The summed E-state index contributed by atoms with van der Waals surface area (Å²) in [5, 5.41) is 47.7. The average molecular weight is 833 g/mol. The summed E-state index contributed by atoms with van der Waals surface area (Å²) >= 11 is 0. The number of piperidine rings is 1. The van der Waals surface area contributed by atoms with Crippen molar-refractivity contribution in [3.8, 4) is 11.5 Å². The third-order valence-electron chi connectivity index (χ3n) is 11.1. The van der Waals surface area contributed by atoms with Crippen LogP contribution in [-0.4, -0.2) is 127 Å². The third-order valence-corrected chi connectivity index (χ3v) is 11.1. The fourth-order valence-corrected chi connectivity index (χ4v) is 8.16. The standard InChI is InChI=1S/C35H29NO13.C7H15NO3/c1-15-9-17-10-22(38)35(47-3)32(43)26-19(11-18-25(29(26)41)21(37)12-20(36)28(18)40)31(42)34(35,45)27(17)30(24(15)33(44)46-2)49-14-23(39)48-13-16-7-5-4-6-8-16;1-10-5-3-6(11-2)7(9)8-4-5/h4-9,11-12,22,38,41,45H,10,13-14,36H2,1-3H3;5-9H,3-4H2,1-2H3/t22-,34+,35-;5-,6-,7-/m11/s1. The predicted molar refractivity (Wildman–Crippen MR) is 206 cm³/mol. The first-order chi connectivity index (χ1) is 28.5. The van der Waals surface area contributed by atoms with Crippen molar-refractivity contribution in [2.75, 3.05) is 41.6 Å². The van der Waals surface area contributed by atoms with Gasteiger partial charge in [-0.25, -0.2) is 9.59 Å². The van der Waals surface area contributed by atoms with Gasteiger partial charge in [-0.3, -0.25) is 24.5 Å². The van der Waals surface area contributed by atoms with Crippen molar-refractivity contribution in [2.45, 2.75) is 62.1 Å². The van der Waals surface area contributed by atoms with Crippen molar-refractivity contribution in [1.82, 2.24) is 5.32 Å². The van der Waals surface area contributed by atoms with E-state index in [1.54, 1.807) is 44.6 Å². The molecular formula is C42H44N2O16. The molecule has 1 aliphatic heterocycles. The van der Waals surface area contributed by atoms with Crippen LogP contribution in [0.15, 0.2) is 54.2 Å². The molecule has 0 unspecified atom stereocenters. The van der Waals surface area contributed by atoms with E-state index < -0.39 is 117 Å². The Bertz CT molecular complexity index is 2310. The van der Waals surface area contributed by atoms with Gasteiger partial charge in [0.1, 0.15) is 29.9 Å². The zero-order valence-electron chi connectivity index (χ0n) is 33.2. The van der Waals surface area contributed by atoms with Crippen LogP contribution in [0.2, 0.25) is 0 Å². The average Bonchev–Trinajstić information content (AvgIpc) is 3.23. The maximum atomic E-state index is 14.7. The number of carbonyl (C=O) groups is 6. The lowest BCUT2D eigenvalue weighted by atomic mass is 9.56. The van der Waals surface area contributed by atoms with Crippen LogP contribution in [-0.2, 0) is 47.1 Å². The number of aryl methyl sites for hydroxylation is 1. The van der Waals surface area contributed by atoms with Crippen LogP contribution in [0.3, 0.4) is 0 Å². The second-order valence-electron chi connectivity index (χ2n) is 14.5. The molecule has 6 atom stereocenters. The lowest BCUT2D eigenvalue weighted by molar-refractivity contribution is -0.181. The molecule has 0 saturated carbocycles. The summed E-state index contributed by atoms with van der Waals surface area (Å²) in [5.74, 6) is -8.05. The number of Topliss-reactive ketones (excluding diaryl/α,β-unsaturated/α-hetero) is 3. The number of nitrogens with two attached hydrogens (primary N) is 1. The highest BCUT2D eigenvalue weighted by Gasteiger charge is 2.73. The van der Waals surface area contributed by atoms with Gasteiger partial charge in [-0.05, 0) is 29.7 Å². The number of nitrogens with one attached hydrogen (secondary N) is 1. The first-order valence-corrected chi connectivity index (χ1v) is 18.6. The molecule has 3 aliphatic carbocycles. The zero-order valence-corrected chi connectivity index (χ0v) is 33.2. The Labute approximate surface area is 342 Å². The summed E-state index contributed by atoms with van der Waals surface area (Å²) in [4.78, 5) is 81.0. The molecule has 0 aromatic heterocycles. The molecule has 318 valence electrons. The SMILES string of the molecule is COC(=O)c1c(C)cc2c(c1OCC(=O)OCc1ccccc1)[C@]1(O)C(=O)c3cc4c(c(O)c3C(=O)[C@]1(OC)[C@H](O)C2)C(=O)C=C(N)C4=O.CO[C@H]1CN[C@H](O)[C@H](OC)C1. The number of esters is 2. The highest BCUT2D eigenvalue weighted by Crippen LogP contribution is 2.57. The lowest BCUT2D eigenvalue weighted by Crippen LogP contribution is -2.73. The number of aliphatic hydroxyl groups excluding tert-OH is 2. The van der Waals surface area contributed by atoms with Gasteiger partial charge >= 0.3 is 11.9 Å². The summed E-state index contributed by atoms with van der Waals surface area (Å²) in [6.45, 7) is 1.20. The molecule has 7 rings (SSSR count). The van der Waals surface area contributed by atoms with Gasteiger partial charge in [0.2, 0.25) is 17.3 Å². The van der Waals surface area contributed by atoms with Crippen LogP contribution in [0.1, 0.15) is 80.5 Å². The number of phenolic OH excluding ortho intramolecular Hbond substituents is 1. The minimum Gasteiger partial charge on any atom is -0.506 e. The molecule has 3 aromatic carbocycles. The highest BCUT2D eigenvalue weighted by atomic mass is 16.6. The van der Waals surface area contributed by atoms with E-state index in [0.29, 0.717) is 12.1 Å². The van der Waals surface area contributed by atoms with Crippen molar-refractivity contribution in [1.29, 1.82) is 0 Å². The van der Waals surface area contributed by atoms with E-state index in [9.17, 15) is 49.2 Å². The topological polar surface area (TPSA) is 277 Å². The van der Waals surface area contributed by atoms with Gasteiger partial charge in [0.25, 0.3) is 0 Å². The number of aliphatic hydroxyl groups is 3. The summed E-state index contributed by atoms with van der Waals surface area (Å²) in [7, 11) is 5.25. The molecule has 1 fully saturated rings. The van der Waals surface area contributed by atoms with Crippen LogP contribution in [0, 0.1) is 6.92 Å². The van der Waals surface area contributed by atoms with E-state index >= 15 is 0 Å². The summed E-state index contributed by atoms with van der Waals surface area (Å²) < 4.78 is 31.8. The highest BCUT2D eigenvalue weighted by molar-refractivity contribution is 6.30. The van der Waals surface area contributed by atoms with Crippen LogP contribution >= 0.6 is 0 Å². The van der Waals surface area contributed by atoms with Gasteiger partial charge in [0, 0.05) is 63.5 Å². The molecule has 0 radical (unpaired) electrons. The maximum absolute atomic E-state index is 14.7. The number of ketones is 4. The van der Waals surface area contributed by atoms with Crippen LogP contribution in [0.25, 0.3) is 0 Å². The van der Waals surface area contributed by atoms with Gasteiger partial charge in [0.05, 0.1) is 42.2 Å². The van der Waals surface area contributed by atoms with Gasteiger partial charge < -0.3 is 54.6 Å². The molecule has 7 N–H and O–H groups in total. The number of allylic oxidation sites excluding steroid dienone is 2. The van der Waals surface area contributed by atoms with Crippen LogP contribution < -0.4 is 15.8 Å². The predicted octanol–water partition coefficient (Wildman–Crippen LogP) is 0.728. The number of methoxy groups -OCH3 is 4. The van der Waals surface area contributed by atoms with Gasteiger partial charge in [-0.2, -0.15) is 0 Å². The molecule has 0 amide bonds. The molecule has 4 aliphatic rings. The number of phenols is 1. The third kappa shape index (κ3) is 7.04. The lowest BCUT2D eigenvalue weighted by Gasteiger charge is -2.53. The summed E-state index contributed by atoms with van der Waals surface area (Å²) in [6.07, 6.45) is -1.45. The quantitative estimate of drug-likeness (QED) is 0.162. The molecule has 3 aromatic rings. The molecule has 60 heavy (non-hydrogen) atoms. The molecule has 0 bridgehead atoms. The summed E-state index contributed by atoms with van der Waals surface area (Å²) in [6, 6.07) is 10.9. The minimum atomic E-state index is -3.22. The largest absolute Gasteiger partial charge is 0.506 e. The Morgan fingerprint density at radius 3 is 2.28 bits per heavy atom. The number of hydrogen-bond donors (Lipinski definition) is 6. The number of carbonyl (C=O) groups excluding carboxylic acids is 6. The number of benzene rings is 3. The Balaban J connectivity index is 0.000000477. The van der Waals surface area contributed by atoms with Crippen molar-refractivity contribution < 1.29 is 77.6 Å². The van der Waals surface area contributed by atoms with Crippen molar-refractivity contribution in [3.63, 3.8) is 0 Å². The van der Waals surface area contributed by atoms with Crippen molar-refractivity contribution >= 4 is 35.1 Å². The van der Waals surface area contributed by atoms with Crippen molar-refractivity contribution in [3.05, 3.63) is 104 Å². The molecule has 18 heteroatoms. The van der Waals surface area contributed by atoms with Crippen LogP contribution in [0.4, 0.5) is 0 Å². The minimum absolute atomic E-state index is 0.0331. The van der Waals surface area contributed by atoms with E-state index in [0.717, 1.165) is 32.8 Å². The van der Waals surface area contributed by atoms with E-state index in [1.807, 2.05) is 0 Å². The molecule has 0 spiro atoms. The Hall–Kier alpha value is -5.86. The fourth-order valence-electron chi connectivity index (χ4n) is 8.16. The number of ether oxygens (including phenoxy) is 6. The Kier molecular flexibility index (Phi) is 12.4. The molecule has 1 heterocycles. The zero-order chi connectivity index (χ0) is 43.8. The second-order valence-corrected chi connectivity index (χ2v) is 14.5. The first-order valence-electron chi connectivity index (χ1n) is 18.6. The maximum Gasteiger partial charge on any atom is 0.344 e.